The number of halogens is 9. The lowest BCUT2D eigenvalue weighted by Crippen LogP contribution is -2.50. The quantitative estimate of drug-likeness (QED) is 0.132. The number of nitrogens with zero attached hydrogens (tertiary/aromatic N) is 5. The first-order valence-electron chi connectivity index (χ1n) is 17.7. The molecule has 2 aromatic rings. The van der Waals surface area contributed by atoms with E-state index in [1.807, 2.05) is 6.92 Å². The van der Waals surface area contributed by atoms with Crippen LogP contribution in [-0.4, -0.2) is 66.8 Å². The Morgan fingerprint density at radius 1 is 1.00 bits per heavy atom. The first-order chi connectivity index (χ1) is 24.9. The lowest BCUT2D eigenvalue weighted by molar-refractivity contribution is -0.178. The summed E-state index contributed by atoms with van der Waals surface area (Å²) in [7, 11) is 0. The fourth-order valence-corrected chi connectivity index (χ4v) is 7.24. The van der Waals surface area contributed by atoms with Gasteiger partial charge >= 0.3 is 24.5 Å². The predicted molar refractivity (Wildman–Crippen MR) is 180 cm³/mol. The summed E-state index contributed by atoms with van der Waals surface area (Å²) in [6.07, 6.45) is -5.81. The molecule has 1 aromatic heterocycles. The fourth-order valence-electron chi connectivity index (χ4n) is 7.24. The minimum Gasteiger partial charge on any atom is -0.466 e. The minimum atomic E-state index is -5.17. The first kappa shape index (κ1) is 40.3. The molecule has 17 heteroatoms. The number of dihydropyridines is 1. The van der Waals surface area contributed by atoms with Gasteiger partial charge < -0.3 is 14.5 Å². The highest BCUT2D eigenvalue weighted by molar-refractivity contribution is 5.73. The standard InChI is InChI=1S/C36H43F9N6O2/c1-3-53-31(52)26-10-14-50(15-11-26)30-9-13-46-32(49-30)51(20-25-17-27(34(37,38)39)19-28(18-25)35(40,41)42)22-33(36(43,44)45)12-8-29(47-21-33)48-23(2)16-24-6-4-5-7-24/h8-9,12-13,17-19,21,23-24,26,29,48H,3-7,10-11,14-16,20,22H2,1-2H3. The SMILES string of the molecule is CCOC(=O)C1CCN(c2ccnc(N(Cc3cc(C(F)(F)F)cc(C(F)(F)F)c3)CC3(C(F)(F)F)C=CC(NC(C)CC4CCCC4)N=C3)n2)CC1. The van der Waals surface area contributed by atoms with Crippen LogP contribution in [0.25, 0.3) is 0 Å². The Morgan fingerprint density at radius 2 is 1.64 bits per heavy atom. The van der Waals surface area contributed by atoms with Gasteiger partial charge in [0.1, 0.15) is 17.4 Å². The lowest BCUT2D eigenvalue weighted by Gasteiger charge is -2.38. The van der Waals surface area contributed by atoms with Crippen LogP contribution in [0.3, 0.4) is 0 Å². The van der Waals surface area contributed by atoms with E-state index in [-0.39, 0.29) is 42.4 Å². The highest BCUT2D eigenvalue weighted by Gasteiger charge is 2.54. The van der Waals surface area contributed by atoms with E-state index in [1.54, 1.807) is 11.8 Å². The number of hydrogen-bond donors (Lipinski definition) is 1. The summed E-state index contributed by atoms with van der Waals surface area (Å²) >= 11 is 0. The van der Waals surface area contributed by atoms with Crippen LogP contribution >= 0.6 is 0 Å². The van der Waals surface area contributed by atoms with Crippen molar-refractivity contribution < 1.29 is 49.0 Å². The molecule has 3 aliphatic rings. The Bertz CT molecular complexity index is 1570. The number of carbonyl (C=O) groups excluding carboxylic acids is 1. The van der Waals surface area contributed by atoms with Gasteiger partial charge in [-0.25, -0.2) is 4.98 Å². The Labute approximate surface area is 301 Å². The molecule has 53 heavy (non-hydrogen) atoms. The Balaban J connectivity index is 1.47. The molecule has 3 heterocycles. The molecule has 0 radical (unpaired) electrons. The van der Waals surface area contributed by atoms with Gasteiger partial charge in [0.05, 0.1) is 23.7 Å². The third-order valence-electron chi connectivity index (χ3n) is 10.0. The number of esters is 1. The largest absolute Gasteiger partial charge is 0.466 e. The molecular weight excluding hydrogens is 719 g/mol. The van der Waals surface area contributed by atoms with Gasteiger partial charge in [0.2, 0.25) is 5.95 Å². The van der Waals surface area contributed by atoms with Gasteiger partial charge in [-0.2, -0.15) is 44.5 Å². The molecule has 1 saturated carbocycles. The number of anilines is 2. The maximum Gasteiger partial charge on any atom is 0.416 e. The highest BCUT2D eigenvalue weighted by Crippen LogP contribution is 2.43. The number of hydrogen-bond acceptors (Lipinski definition) is 8. The topological polar surface area (TPSA) is 83.0 Å². The van der Waals surface area contributed by atoms with Gasteiger partial charge in [-0.05, 0) is 74.9 Å². The van der Waals surface area contributed by atoms with Crippen LogP contribution in [0.15, 0.2) is 47.6 Å². The molecule has 8 nitrogen and oxygen atoms in total. The van der Waals surface area contributed by atoms with Crippen LogP contribution in [0.5, 0.6) is 0 Å². The number of aromatic nitrogens is 2. The maximum atomic E-state index is 15.1. The van der Waals surface area contributed by atoms with Gasteiger partial charge in [0.25, 0.3) is 0 Å². The molecule has 0 spiro atoms. The highest BCUT2D eigenvalue weighted by atomic mass is 19.4. The van der Waals surface area contributed by atoms with Crippen LogP contribution in [0.4, 0.5) is 51.3 Å². The average molecular weight is 763 g/mol. The molecule has 1 aliphatic carbocycles. The van der Waals surface area contributed by atoms with Gasteiger partial charge in [-0.1, -0.05) is 31.8 Å². The summed E-state index contributed by atoms with van der Waals surface area (Å²) in [5.41, 5.74) is -6.56. The van der Waals surface area contributed by atoms with Crippen LogP contribution in [0.1, 0.15) is 75.5 Å². The number of benzene rings is 1. The lowest BCUT2D eigenvalue weighted by atomic mass is 9.85. The minimum absolute atomic E-state index is 0.0398. The molecule has 3 unspecified atom stereocenters. The van der Waals surface area contributed by atoms with Crippen molar-refractivity contribution in [1.82, 2.24) is 15.3 Å². The van der Waals surface area contributed by atoms with E-state index in [2.05, 4.69) is 20.3 Å². The summed E-state index contributed by atoms with van der Waals surface area (Å²) in [4.78, 5) is 27.7. The second-order valence-electron chi connectivity index (χ2n) is 14.1. The summed E-state index contributed by atoms with van der Waals surface area (Å²) in [5.74, 6) is -0.277. The van der Waals surface area contributed by atoms with E-state index in [0.717, 1.165) is 49.3 Å². The van der Waals surface area contributed by atoms with E-state index in [1.165, 1.54) is 18.3 Å². The van der Waals surface area contributed by atoms with Gasteiger partial charge in [-0.3, -0.25) is 15.1 Å². The number of aliphatic imine (C=N–C) groups is 1. The van der Waals surface area contributed by atoms with Crippen LogP contribution < -0.4 is 15.1 Å². The normalized spacial score (nSPS) is 22.3. The molecule has 0 amide bonds. The van der Waals surface area contributed by atoms with Crippen molar-refractivity contribution in [3.8, 4) is 0 Å². The zero-order valence-corrected chi connectivity index (χ0v) is 29.4. The van der Waals surface area contributed by atoms with Gasteiger partial charge in [0.15, 0.2) is 0 Å². The molecule has 3 atom stereocenters. The zero-order chi connectivity index (χ0) is 38.6. The average Bonchev–Trinajstić information content (AvgIpc) is 3.60. The molecule has 0 bridgehead atoms. The summed E-state index contributed by atoms with van der Waals surface area (Å²) in [5, 5.41) is 3.22. The summed E-state index contributed by atoms with van der Waals surface area (Å²) < 4.78 is 133. The number of nitrogens with one attached hydrogen (secondary N) is 1. The van der Waals surface area contributed by atoms with E-state index in [0.29, 0.717) is 44.0 Å². The Morgan fingerprint density at radius 3 is 2.19 bits per heavy atom. The van der Waals surface area contributed by atoms with Gasteiger partial charge in [0, 0.05) is 44.6 Å². The van der Waals surface area contributed by atoms with Crippen molar-refractivity contribution in [3.63, 3.8) is 0 Å². The zero-order valence-electron chi connectivity index (χ0n) is 29.4. The van der Waals surface area contributed by atoms with Gasteiger partial charge in [-0.15, -0.1) is 0 Å². The van der Waals surface area contributed by atoms with Crippen LogP contribution in [-0.2, 0) is 28.4 Å². The molecule has 1 saturated heterocycles. The van der Waals surface area contributed by atoms with Crippen molar-refractivity contribution in [2.45, 2.75) is 96.1 Å². The Hall–Kier alpha value is -3.89. The molecule has 1 aromatic carbocycles. The van der Waals surface area contributed by atoms with Crippen LogP contribution in [0, 0.1) is 17.3 Å². The first-order valence-corrected chi connectivity index (χ1v) is 17.7. The number of carbonyl (C=O) groups is 1. The molecule has 2 aliphatic heterocycles. The third kappa shape index (κ3) is 10.2. The number of rotatable bonds is 12. The van der Waals surface area contributed by atoms with Crippen molar-refractivity contribution in [2.75, 3.05) is 36.0 Å². The maximum absolute atomic E-state index is 15.1. The monoisotopic (exact) mass is 762 g/mol. The third-order valence-corrected chi connectivity index (χ3v) is 10.0. The Kier molecular flexibility index (Phi) is 12.3. The summed E-state index contributed by atoms with van der Waals surface area (Å²) in [6, 6.07) is 2.36. The van der Waals surface area contributed by atoms with Crippen LogP contribution in [0.2, 0.25) is 0 Å². The second kappa shape index (κ2) is 16.2. The molecule has 5 rings (SSSR count). The molecule has 1 N–H and O–H groups in total. The van der Waals surface area contributed by atoms with E-state index in [9.17, 15) is 31.1 Å². The summed E-state index contributed by atoms with van der Waals surface area (Å²) in [6.45, 7) is 2.67. The number of ether oxygens (including phenoxy) is 1. The van der Waals surface area contributed by atoms with Crippen molar-refractivity contribution >= 4 is 24.0 Å². The van der Waals surface area contributed by atoms with E-state index in [4.69, 9.17) is 4.74 Å². The fraction of sp³-hybridized carbons (Fsp3) is 0.611. The van der Waals surface area contributed by atoms with Crippen molar-refractivity contribution in [1.29, 1.82) is 0 Å². The van der Waals surface area contributed by atoms with E-state index >= 15 is 13.2 Å². The number of piperidine rings is 1. The number of alkyl halides is 9. The van der Waals surface area contributed by atoms with Crippen molar-refractivity contribution in [2.24, 2.45) is 22.2 Å². The predicted octanol–water partition coefficient (Wildman–Crippen LogP) is 8.37. The molecule has 292 valence electrons. The van der Waals surface area contributed by atoms with E-state index < -0.39 is 59.9 Å². The van der Waals surface area contributed by atoms with Crippen molar-refractivity contribution in [3.05, 3.63) is 59.3 Å². The second-order valence-corrected chi connectivity index (χ2v) is 14.1. The molecular formula is C36H43F9N6O2. The smallest absolute Gasteiger partial charge is 0.416 e. The molecule has 2 fully saturated rings.